The van der Waals surface area contributed by atoms with Crippen molar-refractivity contribution in [3.05, 3.63) is 35.5 Å². The van der Waals surface area contributed by atoms with Crippen LogP contribution >= 0.6 is 11.6 Å². The van der Waals surface area contributed by atoms with Gasteiger partial charge in [-0.1, -0.05) is 18.2 Å². The number of fused-ring (bicyclic) bond motifs is 1. The van der Waals surface area contributed by atoms with Gasteiger partial charge in [-0.05, 0) is 6.07 Å². The predicted molar refractivity (Wildman–Crippen MR) is 55.1 cm³/mol. The summed E-state index contributed by atoms with van der Waals surface area (Å²) < 4.78 is 0. The summed E-state index contributed by atoms with van der Waals surface area (Å²) >= 11 is 5.68. The van der Waals surface area contributed by atoms with Gasteiger partial charge in [0.1, 0.15) is 0 Å². The topological polar surface area (TPSA) is 57.2 Å². The SMILES string of the molecule is NC(=O)C1=C(CCl)[N]c2ccccc21. The Balaban J connectivity index is 2.56. The maximum absolute atomic E-state index is 11.2. The molecule has 1 aromatic rings. The van der Waals surface area contributed by atoms with E-state index in [0.29, 0.717) is 11.3 Å². The van der Waals surface area contributed by atoms with Gasteiger partial charge in [0.25, 0.3) is 5.91 Å². The molecular weight excluding hydrogens is 200 g/mol. The van der Waals surface area contributed by atoms with Crippen LogP contribution in [0, 0.1) is 0 Å². The zero-order valence-corrected chi connectivity index (χ0v) is 8.08. The molecule has 0 saturated heterocycles. The number of allylic oxidation sites excluding steroid dienone is 1. The lowest BCUT2D eigenvalue weighted by Gasteiger charge is -1.98. The minimum atomic E-state index is -0.477. The van der Waals surface area contributed by atoms with Gasteiger partial charge in [0.05, 0.1) is 22.8 Å². The summed E-state index contributed by atoms with van der Waals surface area (Å²) in [4.78, 5) is 11.2. The molecule has 0 aliphatic carbocycles. The zero-order valence-electron chi connectivity index (χ0n) is 7.33. The first-order valence-electron chi connectivity index (χ1n) is 4.14. The van der Waals surface area contributed by atoms with Gasteiger partial charge >= 0.3 is 0 Å². The van der Waals surface area contributed by atoms with Crippen molar-refractivity contribution in [1.29, 1.82) is 0 Å². The minimum Gasteiger partial charge on any atom is -0.366 e. The third-order valence-electron chi connectivity index (χ3n) is 2.09. The molecule has 0 fully saturated rings. The van der Waals surface area contributed by atoms with E-state index in [1.165, 1.54) is 0 Å². The summed E-state index contributed by atoms with van der Waals surface area (Å²) in [6.07, 6.45) is 0. The summed E-state index contributed by atoms with van der Waals surface area (Å²) in [6.45, 7) is 0. The van der Waals surface area contributed by atoms with E-state index in [-0.39, 0.29) is 5.88 Å². The molecule has 0 spiro atoms. The molecule has 2 N–H and O–H groups in total. The van der Waals surface area contributed by atoms with Crippen molar-refractivity contribution in [2.24, 2.45) is 5.73 Å². The standard InChI is InChI=1S/C10H8ClN2O/c11-5-8-9(10(12)14)6-3-1-2-4-7(6)13-8/h1-4H,5H2,(H2,12,14). The number of nitrogens with two attached hydrogens (primary N) is 1. The Morgan fingerprint density at radius 1 is 1.43 bits per heavy atom. The number of carbonyl (C=O) groups is 1. The van der Waals surface area contributed by atoms with Crippen molar-refractivity contribution < 1.29 is 4.79 Å². The van der Waals surface area contributed by atoms with Crippen molar-refractivity contribution >= 4 is 28.8 Å². The maximum Gasteiger partial charge on any atom is 0.251 e. The molecule has 1 aliphatic rings. The lowest BCUT2D eigenvalue weighted by atomic mass is 10.1. The molecule has 3 nitrogen and oxygen atoms in total. The molecule has 71 valence electrons. The van der Waals surface area contributed by atoms with Crippen molar-refractivity contribution in [3.8, 4) is 0 Å². The highest BCUT2D eigenvalue weighted by Crippen LogP contribution is 2.34. The smallest absolute Gasteiger partial charge is 0.251 e. The predicted octanol–water partition coefficient (Wildman–Crippen LogP) is 1.37. The fourth-order valence-electron chi connectivity index (χ4n) is 1.51. The molecule has 1 aromatic carbocycles. The van der Waals surface area contributed by atoms with Crippen molar-refractivity contribution in [2.45, 2.75) is 0 Å². The quantitative estimate of drug-likeness (QED) is 0.732. The lowest BCUT2D eigenvalue weighted by molar-refractivity contribution is -0.112. The Bertz CT molecular complexity index is 426. The molecule has 14 heavy (non-hydrogen) atoms. The molecule has 0 aromatic heterocycles. The number of halogens is 1. The maximum atomic E-state index is 11.2. The van der Waals surface area contributed by atoms with Gasteiger partial charge in [0, 0.05) is 5.56 Å². The van der Waals surface area contributed by atoms with Gasteiger partial charge in [-0.25, -0.2) is 0 Å². The largest absolute Gasteiger partial charge is 0.366 e. The fraction of sp³-hybridized carbons (Fsp3) is 0.100. The molecule has 1 amide bonds. The molecule has 4 heteroatoms. The average molecular weight is 208 g/mol. The van der Waals surface area contributed by atoms with Gasteiger partial charge in [0.2, 0.25) is 0 Å². The second-order valence-electron chi connectivity index (χ2n) is 2.95. The van der Waals surface area contributed by atoms with Crippen LogP contribution in [0.3, 0.4) is 0 Å². The van der Waals surface area contributed by atoms with Crippen LogP contribution in [-0.4, -0.2) is 11.8 Å². The molecule has 2 rings (SSSR count). The van der Waals surface area contributed by atoms with E-state index >= 15 is 0 Å². The first-order valence-corrected chi connectivity index (χ1v) is 4.67. The molecule has 0 unspecified atom stereocenters. The Morgan fingerprint density at radius 3 is 2.79 bits per heavy atom. The highest BCUT2D eigenvalue weighted by Gasteiger charge is 2.25. The number of primary amides is 1. The van der Waals surface area contributed by atoms with E-state index in [1.54, 1.807) is 0 Å². The lowest BCUT2D eigenvalue weighted by Crippen LogP contribution is -2.14. The van der Waals surface area contributed by atoms with Crippen LogP contribution in [0.15, 0.2) is 30.0 Å². The zero-order chi connectivity index (χ0) is 10.1. The van der Waals surface area contributed by atoms with E-state index in [1.807, 2.05) is 24.3 Å². The van der Waals surface area contributed by atoms with Crippen molar-refractivity contribution in [1.82, 2.24) is 5.32 Å². The summed E-state index contributed by atoms with van der Waals surface area (Å²) in [6, 6.07) is 7.35. The summed E-state index contributed by atoms with van der Waals surface area (Å²) in [7, 11) is 0. The van der Waals surface area contributed by atoms with E-state index < -0.39 is 5.91 Å². The number of para-hydroxylation sites is 1. The van der Waals surface area contributed by atoms with Crippen molar-refractivity contribution in [3.63, 3.8) is 0 Å². The molecular formula is C10H8ClN2O. The first kappa shape index (κ1) is 9.09. The van der Waals surface area contributed by atoms with E-state index in [0.717, 1.165) is 11.3 Å². The Labute approximate surface area is 86.6 Å². The summed E-state index contributed by atoms with van der Waals surface area (Å²) in [5.74, 6) is -0.276. The van der Waals surface area contributed by atoms with Gasteiger partial charge in [0.15, 0.2) is 0 Å². The van der Waals surface area contributed by atoms with Crippen LogP contribution in [0.2, 0.25) is 0 Å². The van der Waals surface area contributed by atoms with Gasteiger partial charge in [-0.3, -0.25) is 10.1 Å². The molecule has 1 heterocycles. The summed E-state index contributed by atoms with van der Waals surface area (Å²) in [5, 5.41) is 4.22. The molecule has 0 bridgehead atoms. The Morgan fingerprint density at radius 2 is 2.14 bits per heavy atom. The Hall–Kier alpha value is -1.48. The third kappa shape index (κ3) is 1.26. The summed E-state index contributed by atoms with van der Waals surface area (Å²) in [5.41, 5.74) is 7.79. The van der Waals surface area contributed by atoms with Gasteiger partial charge in [-0.15, -0.1) is 11.6 Å². The van der Waals surface area contributed by atoms with Crippen LogP contribution in [0.4, 0.5) is 5.69 Å². The average Bonchev–Trinajstić information content (AvgIpc) is 2.55. The number of hydrogen-bond donors (Lipinski definition) is 1. The number of hydrogen-bond acceptors (Lipinski definition) is 1. The third-order valence-corrected chi connectivity index (χ3v) is 2.34. The van der Waals surface area contributed by atoms with E-state index in [9.17, 15) is 4.79 Å². The van der Waals surface area contributed by atoms with E-state index in [4.69, 9.17) is 17.3 Å². The molecule has 0 saturated carbocycles. The van der Waals surface area contributed by atoms with Crippen LogP contribution in [-0.2, 0) is 4.79 Å². The second kappa shape index (κ2) is 3.35. The highest BCUT2D eigenvalue weighted by molar-refractivity contribution is 6.26. The molecule has 0 atom stereocenters. The van der Waals surface area contributed by atoms with Gasteiger partial charge in [-0.2, -0.15) is 0 Å². The Kier molecular flexibility index (Phi) is 2.17. The number of amides is 1. The number of benzene rings is 1. The fourth-order valence-corrected chi connectivity index (χ4v) is 1.70. The van der Waals surface area contributed by atoms with E-state index in [2.05, 4.69) is 5.32 Å². The minimum absolute atomic E-state index is 0.201. The van der Waals surface area contributed by atoms with Crippen LogP contribution in [0.1, 0.15) is 5.56 Å². The number of carbonyl (C=O) groups excluding carboxylic acids is 1. The number of alkyl halides is 1. The second-order valence-corrected chi connectivity index (χ2v) is 3.22. The molecule has 1 radical (unpaired) electrons. The van der Waals surface area contributed by atoms with Crippen molar-refractivity contribution in [2.75, 3.05) is 5.88 Å². The monoisotopic (exact) mass is 207 g/mol. The normalized spacial score (nSPS) is 13.8. The number of rotatable bonds is 2. The highest BCUT2D eigenvalue weighted by atomic mass is 35.5. The van der Waals surface area contributed by atoms with Crippen LogP contribution in [0.5, 0.6) is 0 Å². The first-order chi connectivity index (χ1) is 6.74. The van der Waals surface area contributed by atoms with Gasteiger partial charge < -0.3 is 5.73 Å². The van der Waals surface area contributed by atoms with Crippen LogP contribution < -0.4 is 11.1 Å². The molecule has 1 aliphatic heterocycles. The number of nitrogens with zero attached hydrogens (tertiary/aromatic N) is 1. The van der Waals surface area contributed by atoms with Crippen LogP contribution in [0.25, 0.3) is 5.57 Å².